The van der Waals surface area contributed by atoms with Crippen molar-refractivity contribution in [1.82, 2.24) is 4.98 Å². The standard InChI is InChI=1S/C13H15N3O4/c1-20-11-9(8-14)10(2-5-15-11)16-6-3-13(19,4-7-16)12(17)18/h2,5,19H,3-4,6-7H2,1H3,(H,17,18). The van der Waals surface area contributed by atoms with Crippen LogP contribution in [0.1, 0.15) is 18.4 Å². The lowest BCUT2D eigenvalue weighted by molar-refractivity contribution is -0.160. The molecule has 0 radical (unpaired) electrons. The Hall–Kier alpha value is -2.33. The number of carboxylic acids is 1. The number of nitrogens with zero attached hydrogens (tertiary/aromatic N) is 3. The highest BCUT2D eigenvalue weighted by atomic mass is 16.5. The number of hydrogen-bond acceptors (Lipinski definition) is 6. The van der Waals surface area contributed by atoms with E-state index in [1.54, 1.807) is 6.07 Å². The molecule has 2 heterocycles. The van der Waals surface area contributed by atoms with Crippen LogP contribution in [0.5, 0.6) is 5.88 Å². The third kappa shape index (κ3) is 2.38. The fraction of sp³-hybridized carbons (Fsp3) is 0.462. The molecule has 20 heavy (non-hydrogen) atoms. The molecule has 1 saturated heterocycles. The van der Waals surface area contributed by atoms with Crippen LogP contribution in [0.15, 0.2) is 12.3 Å². The van der Waals surface area contributed by atoms with Crippen LogP contribution in [0.3, 0.4) is 0 Å². The van der Waals surface area contributed by atoms with Gasteiger partial charge in [0.25, 0.3) is 0 Å². The van der Waals surface area contributed by atoms with Crippen LogP contribution in [0.2, 0.25) is 0 Å². The van der Waals surface area contributed by atoms with Crippen molar-refractivity contribution < 1.29 is 19.7 Å². The Balaban J connectivity index is 2.24. The van der Waals surface area contributed by atoms with E-state index in [0.29, 0.717) is 24.3 Å². The fourth-order valence-electron chi connectivity index (χ4n) is 2.29. The average Bonchev–Trinajstić information content (AvgIpc) is 2.47. The highest BCUT2D eigenvalue weighted by Crippen LogP contribution is 2.31. The van der Waals surface area contributed by atoms with Crippen LogP contribution < -0.4 is 9.64 Å². The molecular weight excluding hydrogens is 262 g/mol. The van der Waals surface area contributed by atoms with Gasteiger partial charge in [0.2, 0.25) is 5.88 Å². The number of aliphatic carboxylic acids is 1. The van der Waals surface area contributed by atoms with E-state index in [0.717, 1.165) is 0 Å². The van der Waals surface area contributed by atoms with E-state index in [1.807, 2.05) is 11.0 Å². The number of piperidine rings is 1. The SMILES string of the molecule is COc1nccc(N2CCC(O)(C(=O)O)CC2)c1C#N. The number of rotatable bonds is 3. The van der Waals surface area contributed by atoms with Gasteiger partial charge in [0.05, 0.1) is 12.8 Å². The molecule has 0 bridgehead atoms. The van der Waals surface area contributed by atoms with Crippen molar-refractivity contribution in [1.29, 1.82) is 5.26 Å². The predicted octanol–water partition coefficient (Wildman–Crippen LogP) is 0.378. The Bertz CT molecular complexity index is 559. The van der Waals surface area contributed by atoms with Gasteiger partial charge < -0.3 is 19.8 Å². The molecule has 106 valence electrons. The lowest BCUT2D eigenvalue weighted by Gasteiger charge is -2.36. The number of nitriles is 1. The number of pyridine rings is 1. The van der Waals surface area contributed by atoms with Crippen LogP contribution in [0.4, 0.5) is 5.69 Å². The highest BCUT2D eigenvalue weighted by Gasteiger charge is 2.39. The van der Waals surface area contributed by atoms with E-state index < -0.39 is 11.6 Å². The second-order valence-electron chi connectivity index (χ2n) is 4.65. The van der Waals surface area contributed by atoms with Gasteiger partial charge in [-0.25, -0.2) is 9.78 Å². The molecule has 1 aromatic heterocycles. The smallest absolute Gasteiger partial charge is 0.335 e. The van der Waals surface area contributed by atoms with Crippen molar-refractivity contribution in [2.75, 3.05) is 25.1 Å². The minimum atomic E-state index is -1.68. The number of carbonyl (C=O) groups is 1. The highest BCUT2D eigenvalue weighted by molar-refractivity contribution is 5.77. The quantitative estimate of drug-likeness (QED) is 0.822. The van der Waals surface area contributed by atoms with Crippen LogP contribution in [-0.2, 0) is 4.79 Å². The van der Waals surface area contributed by atoms with Crippen LogP contribution in [0.25, 0.3) is 0 Å². The van der Waals surface area contributed by atoms with Gasteiger partial charge in [-0.2, -0.15) is 5.26 Å². The lowest BCUT2D eigenvalue weighted by Crippen LogP contribution is -2.49. The number of ether oxygens (including phenoxy) is 1. The Morgan fingerprint density at radius 1 is 1.55 bits per heavy atom. The molecule has 2 rings (SSSR count). The van der Waals surface area contributed by atoms with E-state index >= 15 is 0 Å². The Labute approximate surface area is 116 Å². The molecule has 0 saturated carbocycles. The topological polar surface area (TPSA) is 107 Å². The van der Waals surface area contributed by atoms with Crippen LogP contribution in [-0.4, -0.2) is 47.0 Å². The summed E-state index contributed by atoms with van der Waals surface area (Å²) >= 11 is 0. The first-order valence-corrected chi connectivity index (χ1v) is 6.15. The first-order valence-electron chi connectivity index (χ1n) is 6.15. The Kier molecular flexibility index (Phi) is 3.77. The van der Waals surface area contributed by atoms with Gasteiger partial charge in [-0.15, -0.1) is 0 Å². The largest absolute Gasteiger partial charge is 0.480 e. The number of carboxylic acid groups (broad SMARTS) is 1. The molecule has 1 aliphatic rings. The molecule has 1 aromatic rings. The second-order valence-corrected chi connectivity index (χ2v) is 4.65. The molecule has 1 fully saturated rings. The third-order valence-electron chi connectivity index (χ3n) is 3.53. The molecule has 1 aliphatic heterocycles. The van der Waals surface area contributed by atoms with Gasteiger partial charge in [0.15, 0.2) is 5.60 Å². The molecule has 2 N–H and O–H groups in total. The summed E-state index contributed by atoms with van der Waals surface area (Å²) in [5, 5.41) is 28.1. The minimum Gasteiger partial charge on any atom is -0.480 e. The van der Waals surface area contributed by atoms with Crippen molar-refractivity contribution in [3.05, 3.63) is 17.8 Å². The number of aliphatic hydroxyl groups is 1. The summed E-state index contributed by atoms with van der Waals surface area (Å²) in [6.07, 6.45) is 1.75. The van der Waals surface area contributed by atoms with Crippen molar-refractivity contribution >= 4 is 11.7 Å². The number of methoxy groups -OCH3 is 1. The number of hydrogen-bond donors (Lipinski definition) is 2. The number of aromatic nitrogens is 1. The van der Waals surface area contributed by atoms with Crippen molar-refractivity contribution in [2.45, 2.75) is 18.4 Å². The monoisotopic (exact) mass is 277 g/mol. The zero-order valence-electron chi connectivity index (χ0n) is 11.0. The molecule has 0 unspecified atom stereocenters. The van der Waals surface area contributed by atoms with E-state index in [-0.39, 0.29) is 18.7 Å². The summed E-state index contributed by atoms with van der Waals surface area (Å²) < 4.78 is 5.04. The molecular formula is C13H15N3O4. The minimum absolute atomic E-state index is 0.109. The average molecular weight is 277 g/mol. The van der Waals surface area contributed by atoms with Crippen molar-refractivity contribution in [2.24, 2.45) is 0 Å². The first kappa shape index (κ1) is 14.1. The molecule has 7 heteroatoms. The maximum Gasteiger partial charge on any atom is 0.335 e. The molecule has 7 nitrogen and oxygen atoms in total. The second kappa shape index (κ2) is 5.35. The van der Waals surface area contributed by atoms with Gasteiger partial charge in [-0.3, -0.25) is 0 Å². The van der Waals surface area contributed by atoms with E-state index in [2.05, 4.69) is 4.98 Å². The first-order chi connectivity index (χ1) is 9.51. The molecule has 0 amide bonds. The van der Waals surface area contributed by atoms with Crippen LogP contribution in [0, 0.1) is 11.3 Å². The van der Waals surface area contributed by atoms with Gasteiger partial charge in [-0.05, 0) is 6.07 Å². The summed E-state index contributed by atoms with van der Waals surface area (Å²) in [4.78, 5) is 16.8. The lowest BCUT2D eigenvalue weighted by atomic mass is 9.91. The number of anilines is 1. The summed E-state index contributed by atoms with van der Waals surface area (Å²) in [6, 6.07) is 3.73. The van der Waals surface area contributed by atoms with Gasteiger partial charge >= 0.3 is 5.97 Å². The molecule has 0 aliphatic carbocycles. The van der Waals surface area contributed by atoms with E-state index in [9.17, 15) is 15.2 Å². The van der Waals surface area contributed by atoms with Crippen LogP contribution >= 0.6 is 0 Å². The predicted molar refractivity (Wildman–Crippen MR) is 69.5 cm³/mol. The summed E-state index contributed by atoms with van der Waals surface area (Å²) in [5.41, 5.74) is -0.719. The normalized spacial score (nSPS) is 17.4. The molecule has 0 aromatic carbocycles. The zero-order valence-corrected chi connectivity index (χ0v) is 11.0. The summed E-state index contributed by atoms with van der Waals surface area (Å²) in [5.74, 6) is -0.964. The summed E-state index contributed by atoms with van der Waals surface area (Å²) in [6.45, 7) is 0.704. The van der Waals surface area contributed by atoms with Gasteiger partial charge in [-0.1, -0.05) is 0 Å². The van der Waals surface area contributed by atoms with E-state index in [1.165, 1.54) is 13.3 Å². The molecule has 0 atom stereocenters. The third-order valence-corrected chi connectivity index (χ3v) is 3.53. The maximum atomic E-state index is 11.0. The van der Waals surface area contributed by atoms with Gasteiger partial charge in [0, 0.05) is 32.1 Å². The Morgan fingerprint density at radius 2 is 2.20 bits per heavy atom. The molecule has 0 spiro atoms. The van der Waals surface area contributed by atoms with Gasteiger partial charge in [0.1, 0.15) is 11.6 Å². The van der Waals surface area contributed by atoms with E-state index in [4.69, 9.17) is 9.84 Å². The van der Waals surface area contributed by atoms with Crippen molar-refractivity contribution in [3.63, 3.8) is 0 Å². The fourth-order valence-corrected chi connectivity index (χ4v) is 2.29. The van der Waals surface area contributed by atoms with Crippen molar-refractivity contribution in [3.8, 4) is 11.9 Å². The summed E-state index contributed by atoms with van der Waals surface area (Å²) in [7, 11) is 1.44. The Morgan fingerprint density at radius 3 is 2.70 bits per heavy atom. The maximum absolute atomic E-state index is 11.0. The zero-order chi connectivity index (χ0) is 14.8.